The Morgan fingerprint density at radius 1 is 1.43 bits per heavy atom. The zero-order chi connectivity index (χ0) is 15.4. The third-order valence-corrected chi connectivity index (χ3v) is 3.42. The fraction of sp³-hybridized carbons (Fsp3) is 0.333. The standard InChI is InChI=1S/C15H16ClNO4/c1-17(6-5-14(18)20-2)15(19)11-7-10-8-12(16)3-4-13(10)21-9-11/h3-4,7-8H,5-6,9H2,1-2H3. The minimum Gasteiger partial charge on any atom is -0.488 e. The molecule has 1 aliphatic heterocycles. The largest absolute Gasteiger partial charge is 0.488 e. The molecule has 0 radical (unpaired) electrons. The molecule has 0 atom stereocenters. The summed E-state index contributed by atoms with van der Waals surface area (Å²) < 4.78 is 10.1. The van der Waals surface area contributed by atoms with E-state index >= 15 is 0 Å². The van der Waals surface area contributed by atoms with Crippen molar-refractivity contribution in [2.24, 2.45) is 0 Å². The molecule has 1 heterocycles. The van der Waals surface area contributed by atoms with Crippen molar-refractivity contribution in [3.05, 3.63) is 34.4 Å². The Balaban J connectivity index is 2.08. The molecule has 0 aliphatic carbocycles. The molecule has 1 aromatic rings. The van der Waals surface area contributed by atoms with E-state index in [1.165, 1.54) is 12.0 Å². The Morgan fingerprint density at radius 2 is 2.19 bits per heavy atom. The number of rotatable bonds is 4. The molecule has 6 heteroatoms. The average molecular weight is 310 g/mol. The van der Waals surface area contributed by atoms with E-state index < -0.39 is 0 Å². The summed E-state index contributed by atoms with van der Waals surface area (Å²) >= 11 is 5.94. The Bertz CT molecular complexity index is 597. The van der Waals surface area contributed by atoms with E-state index in [4.69, 9.17) is 16.3 Å². The molecule has 0 bridgehead atoms. The van der Waals surface area contributed by atoms with Crippen LogP contribution in [0.1, 0.15) is 12.0 Å². The third-order valence-electron chi connectivity index (χ3n) is 3.19. The highest BCUT2D eigenvalue weighted by Crippen LogP contribution is 2.29. The summed E-state index contributed by atoms with van der Waals surface area (Å²) in [5.74, 6) is 0.179. The number of nitrogens with zero attached hydrogens (tertiary/aromatic N) is 1. The Labute approximate surface area is 128 Å². The van der Waals surface area contributed by atoms with Gasteiger partial charge in [-0.1, -0.05) is 11.6 Å². The molecule has 0 saturated carbocycles. The molecule has 1 aliphatic rings. The van der Waals surface area contributed by atoms with Crippen LogP contribution in [0.2, 0.25) is 5.02 Å². The maximum atomic E-state index is 12.3. The van der Waals surface area contributed by atoms with Crippen LogP contribution in [-0.4, -0.2) is 44.1 Å². The highest BCUT2D eigenvalue weighted by molar-refractivity contribution is 6.30. The highest BCUT2D eigenvalue weighted by atomic mass is 35.5. The normalized spacial score (nSPS) is 12.8. The molecule has 0 saturated heterocycles. The quantitative estimate of drug-likeness (QED) is 0.800. The number of likely N-dealkylation sites (N-methyl/N-ethyl adjacent to an activating group) is 1. The lowest BCUT2D eigenvalue weighted by Gasteiger charge is -2.22. The summed E-state index contributed by atoms with van der Waals surface area (Å²) in [7, 11) is 2.96. The number of fused-ring (bicyclic) bond motifs is 1. The number of carbonyl (C=O) groups excluding carboxylic acids is 2. The first-order chi connectivity index (χ1) is 10.0. The van der Waals surface area contributed by atoms with E-state index in [1.54, 1.807) is 31.3 Å². The van der Waals surface area contributed by atoms with Crippen molar-refractivity contribution in [3.8, 4) is 5.75 Å². The average Bonchev–Trinajstić information content (AvgIpc) is 2.50. The molecule has 5 nitrogen and oxygen atoms in total. The number of benzene rings is 1. The lowest BCUT2D eigenvalue weighted by atomic mass is 10.1. The van der Waals surface area contributed by atoms with Gasteiger partial charge in [0.25, 0.3) is 5.91 Å². The number of methoxy groups -OCH3 is 1. The van der Waals surface area contributed by atoms with Crippen molar-refractivity contribution in [2.75, 3.05) is 27.3 Å². The minimum atomic E-state index is -0.347. The van der Waals surface area contributed by atoms with Gasteiger partial charge in [0.15, 0.2) is 0 Å². The maximum absolute atomic E-state index is 12.3. The van der Waals surface area contributed by atoms with Crippen LogP contribution in [0.25, 0.3) is 6.08 Å². The molecule has 0 N–H and O–H groups in total. The van der Waals surface area contributed by atoms with E-state index in [0.29, 0.717) is 22.9 Å². The van der Waals surface area contributed by atoms with Gasteiger partial charge in [-0.05, 0) is 24.3 Å². The Morgan fingerprint density at radius 3 is 2.90 bits per heavy atom. The van der Waals surface area contributed by atoms with Crippen LogP contribution >= 0.6 is 11.6 Å². The van der Waals surface area contributed by atoms with E-state index in [0.717, 1.165) is 5.56 Å². The van der Waals surface area contributed by atoms with Crippen LogP contribution in [0, 0.1) is 0 Å². The van der Waals surface area contributed by atoms with Crippen molar-refractivity contribution in [1.29, 1.82) is 0 Å². The SMILES string of the molecule is COC(=O)CCN(C)C(=O)C1=Cc2cc(Cl)ccc2OC1. The van der Waals surface area contributed by atoms with E-state index in [9.17, 15) is 9.59 Å². The van der Waals surface area contributed by atoms with Crippen LogP contribution in [0.4, 0.5) is 0 Å². The summed E-state index contributed by atoms with van der Waals surface area (Å²) in [6, 6.07) is 5.26. The number of hydrogen-bond acceptors (Lipinski definition) is 4. The lowest BCUT2D eigenvalue weighted by Crippen LogP contribution is -2.32. The second kappa shape index (κ2) is 6.63. The molecule has 112 valence electrons. The van der Waals surface area contributed by atoms with Gasteiger partial charge in [-0.2, -0.15) is 0 Å². The van der Waals surface area contributed by atoms with Gasteiger partial charge in [0.2, 0.25) is 0 Å². The number of carbonyl (C=O) groups is 2. The predicted molar refractivity (Wildman–Crippen MR) is 79.2 cm³/mol. The number of hydrogen-bond donors (Lipinski definition) is 0. The van der Waals surface area contributed by atoms with Gasteiger partial charge in [0.1, 0.15) is 12.4 Å². The first-order valence-corrected chi connectivity index (χ1v) is 6.84. The van der Waals surface area contributed by atoms with Crippen molar-refractivity contribution in [2.45, 2.75) is 6.42 Å². The molecule has 1 amide bonds. The summed E-state index contributed by atoms with van der Waals surface area (Å²) in [6.07, 6.45) is 1.93. The van der Waals surface area contributed by atoms with Crippen molar-refractivity contribution in [1.82, 2.24) is 4.90 Å². The molecule has 0 spiro atoms. The van der Waals surface area contributed by atoms with Crippen LogP contribution in [0.5, 0.6) is 5.75 Å². The summed E-state index contributed by atoms with van der Waals surface area (Å²) in [5.41, 5.74) is 1.30. The van der Waals surface area contributed by atoms with E-state index in [1.807, 2.05) is 0 Å². The maximum Gasteiger partial charge on any atom is 0.307 e. The van der Waals surface area contributed by atoms with E-state index in [2.05, 4.69) is 4.74 Å². The van der Waals surface area contributed by atoms with Gasteiger partial charge in [-0.3, -0.25) is 9.59 Å². The van der Waals surface area contributed by atoms with Crippen LogP contribution in [-0.2, 0) is 14.3 Å². The van der Waals surface area contributed by atoms with Crippen LogP contribution < -0.4 is 4.74 Å². The monoisotopic (exact) mass is 309 g/mol. The van der Waals surface area contributed by atoms with Crippen LogP contribution in [0.15, 0.2) is 23.8 Å². The number of halogens is 1. The lowest BCUT2D eigenvalue weighted by molar-refractivity contribution is -0.141. The van der Waals surface area contributed by atoms with Gasteiger partial charge in [0, 0.05) is 24.2 Å². The van der Waals surface area contributed by atoms with Gasteiger partial charge in [-0.15, -0.1) is 0 Å². The number of ether oxygens (including phenoxy) is 2. The third kappa shape index (κ3) is 3.76. The second-order valence-electron chi connectivity index (χ2n) is 4.69. The zero-order valence-electron chi connectivity index (χ0n) is 11.9. The first-order valence-electron chi connectivity index (χ1n) is 6.46. The van der Waals surface area contributed by atoms with Crippen LogP contribution in [0.3, 0.4) is 0 Å². The zero-order valence-corrected chi connectivity index (χ0v) is 12.6. The molecule has 2 rings (SSSR count). The molecule has 0 unspecified atom stereocenters. The summed E-state index contributed by atoms with van der Waals surface area (Å²) in [5, 5.41) is 0.585. The Kier molecular flexibility index (Phi) is 4.85. The van der Waals surface area contributed by atoms with Crippen molar-refractivity contribution in [3.63, 3.8) is 0 Å². The first kappa shape index (κ1) is 15.4. The Hall–Kier alpha value is -2.01. The number of esters is 1. The molecule has 1 aromatic carbocycles. The van der Waals surface area contributed by atoms with Gasteiger partial charge < -0.3 is 14.4 Å². The molecular formula is C15H16ClNO4. The second-order valence-corrected chi connectivity index (χ2v) is 5.13. The topological polar surface area (TPSA) is 55.8 Å². The minimum absolute atomic E-state index is 0.162. The fourth-order valence-electron chi connectivity index (χ4n) is 1.98. The predicted octanol–water partition coefficient (Wildman–Crippen LogP) is 2.14. The molecular weight excluding hydrogens is 294 g/mol. The molecule has 0 aromatic heterocycles. The van der Waals surface area contributed by atoms with Crippen molar-refractivity contribution >= 4 is 29.6 Å². The molecule has 0 fully saturated rings. The smallest absolute Gasteiger partial charge is 0.307 e. The number of amides is 1. The highest BCUT2D eigenvalue weighted by Gasteiger charge is 2.20. The fourth-order valence-corrected chi connectivity index (χ4v) is 2.16. The summed E-state index contributed by atoms with van der Waals surface area (Å²) in [4.78, 5) is 24.9. The van der Waals surface area contributed by atoms with Gasteiger partial charge in [0.05, 0.1) is 19.1 Å². The molecule has 21 heavy (non-hydrogen) atoms. The van der Waals surface area contributed by atoms with Gasteiger partial charge >= 0.3 is 5.97 Å². The van der Waals surface area contributed by atoms with Crippen molar-refractivity contribution < 1.29 is 19.1 Å². The summed E-state index contributed by atoms with van der Waals surface area (Å²) in [6.45, 7) is 0.501. The van der Waals surface area contributed by atoms with E-state index in [-0.39, 0.29) is 24.9 Å². The van der Waals surface area contributed by atoms with Gasteiger partial charge in [-0.25, -0.2) is 0 Å².